The fraction of sp³-hybridized carbons (Fsp3) is 0.579. The molecule has 0 unspecified atom stereocenters. The van der Waals surface area contributed by atoms with E-state index in [1.807, 2.05) is 6.08 Å². The lowest BCUT2D eigenvalue weighted by Gasteiger charge is -2.28. The summed E-state index contributed by atoms with van der Waals surface area (Å²) in [7, 11) is 0. The van der Waals surface area contributed by atoms with Gasteiger partial charge in [-0.15, -0.1) is 0 Å². The van der Waals surface area contributed by atoms with E-state index < -0.39 is 24.1 Å². The minimum absolute atomic E-state index is 0.147. The number of aliphatic hydroxyl groups is 2. The Morgan fingerprint density at radius 2 is 2.04 bits per heavy atom. The van der Waals surface area contributed by atoms with Crippen molar-refractivity contribution in [1.29, 1.82) is 0 Å². The molecule has 1 fully saturated rings. The minimum Gasteiger partial charge on any atom is -0.461 e. The monoisotopic (exact) mass is 350 g/mol. The largest absolute Gasteiger partial charge is 0.461 e. The number of fused-ring (bicyclic) bond motifs is 1. The van der Waals surface area contributed by atoms with Crippen LogP contribution in [0.5, 0.6) is 0 Å². The highest BCUT2D eigenvalue weighted by atomic mass is 16.6. The Morgan fingerprint density at radius 3 is 2.64 bits per heavy atom. The van der Waals surface area contributed by atoms with Gasteiger partial charge in [0.2, 0.25) is 0 Å². The summed E-state index contributed by atoms with van der Waals surface area (Å²) in [6, 6.07) is 0. The lowest BCUT2D eigenvalue weighted by Crippen LogP contribution is -2.35. The van der Waals surface area contributed by atoms with Crippen LogP contribution in [0.4, 0.5) is 0 Å². The third-order valence-electron chi connectivity index (χ3n) is 4.57. The number of rotatable bonds is 4. The van der Waals surface area contributed by atoms with Crippen molar-refractivity contribution in [3.63, 3.8) is 0 Å². The normalized spacial score (nSPS) is 31.5. The van der Waals surface area contributed by atoms with Crippen LogP contribution in [0.3, 0.4) is 0 Å². The van der Waals surface area contributed by atoms with Crippen LogP contribution < -0.4 is 0 Å². The molecule has 0 spiro atoms. The van der Waals surface area contributed by atoms with E-state index in [-0.39, 0.29) is 30.7 Å². The number of hydrogen-bond acceptors (Lipinski definition) is 6. The molecule has 0 aromatic heterocycles. The summed E-state index contributed by atoms with van der Waals surface area (Å²) < 4.78 is 11.0. The van der Waals surface area contributed by atoms with Crippen LogP contribution in [0.15, 0.2) is 35.5 Å². The van der Waals surface area contributed by atoms with Gasteiger partial charge in [-0.3, -0.25) is 4.79 Å². The first-order chi connectivity index (χ1) is 11.9. The van der Waals surface area contributed by atoms with Gasteiger partial charge in [-0.1, -0.05) is 26.5 Å². The molecule has 0 saturated carbocycles. The van der Waals surface area contributed by atoms with E-state index in [4.69, 9.17) is 9.47 Å². The van der Waals surface area contributed by atoms with Gasteiger partial charge >= 0.3 is 11.9 Å². The second-order valence-corrected chi connectivity index (χ2v) is 6.80. The number of allylic oxidation sites excluding steroid dienone is 1. The Labute approximate surface area is 147 Å². The van der Waals surface area contributed by atoms with Gasteiger partial charge in [-0.25, -0.2) is 4.79 Å². The number of hydrogen-bond donors (Lipinski definition) is 2. The maximum Gasteiger partial charge on any atom is 0.334 e. The van der Waals surface area contributed by atoms with Gasteiger partial charge in [0.15, 0.2) is 0 Å². The number of carbonyl (C=O) groups is 2. The highest BCUT2D eigenvalue weighted by Gasteiger charge is 2.44. The fourth-order valence-corrected chi connectivity index (χ4v) is 3.09. The quantitative estimate of drug-likeness (QED) is 0.455. The molecule has 0 bridgehead atoms. The molecule has 3 atom stereocenters. The maximum absolute atomic E-state index is 12.1. The van der Waals surface area contributed by atoms with E-state index in [0.717, 1.165) is 11.1 Å². The molecule has 2 rings (SSSR count). The van der Waals surface area contributed by atoms with E-state index in [0.29, 0.717) is 19.3 Å². The van der Waals surface area contributed by atoms with Crippen LogP contribution in [-0.4, -0.2) is 47.6 Å². The van der Waals surface area contributed by atoms with Gasteiger partial charge < -0.3 is 19.7 Å². The average Bonchev–Trinajstić information content (AvgIpc) is 2.85. The Hall–Kier alpha value is -1.92. The second kappa shape index (κ2) is 8.45. The van der Waals surface area contributed by atoms with Crippen molar-refractivity contribution in [2.75, 3.05) is 13.2 Å². The summed E-state index contributed by atoms with van der Waals surface area (Å²) in [6.07, 6.45) is 3.88. The standard InChI is InChI=1S/C19H26O6/c1-11(2)18(22)24-15-7-13(9-20)5-4-6-14(10-21)8-16-17(15)12(3)19(23)25-16/h5,8,11,15-17,20-21H,3-4,6-7,9-10H2,1-2H3/b13-5+,14-8-/t15-,16+,17+/m0/s1. The first kappa shape index (κ1) is 19.4. The molecule has 1 aliphatic carbocycles. The predicted molar refractivity (Wildman–Crippen MR) is 91.4 cm³/mol. The summed E-state index contributed by atoms with van der Waals surface area (Å²) in [5.74, 6) is -1.76. The molecule has 1 aliphatic heterocycles. The van der Waals surface area contributed by atoms with Crippen molar-refractivity contribution in [2.24, 2.45) is 11.8 Å². The lowest BCUT2D eigenvalue weighted by atomic mass is 9.85. The van der Waals surface area contributed by atoms with Crippen molar-refractivity contribution in [2.45, 2.75) is 45.3 Å². The van der Waals surface area contributed by atoms with Crippen LogP contribution in [0.2, 0.25) is 0 Å². The molecule has 0 amide bonds. The second-order valence-electron chi connectivity index (χ2n) is 6.80. The molecule has 138 valence electrons. The van der Waals surface area contributed by atoms with E-state index in [1.165, 1.54) is 0 Å². The van der Waals surface area contributed by atoms with Crippen molar-refractivity contribution < 1.29 is 29.3 Å². The molecule has 2 N–H and O–H groups in total. The number of aliphatic hydroxyl groups excluding tert-OH is 2. The maximum atomic E-state index is 12.1. The zero-order valence-electron chi connectivity index (χ0n) is 14.7. The minimum atomic E-state index is -0.661. The van der Waals surface area contributed by atoms with E-state index >= 15 is 0 Å². The van der Waals surface area contributed by atoms with Crippen molar-refractivity contribution >= 4 is 11.9 Å². The Bertz CT molecular complexity index is 601. The van der Waals surface area contributed by atoms with Crippen molar-refractivity contribution in [3.05, 3.63) is 35.5 Å². The SMILES string of the molecule is C=C1C(=O)O[C@@H]2/C=C(\CO)CC/C=C(/CO)C[C@H](OC(=O)C(C)C)[C@@H]12. The number of esters is 2. The summed E-state index contributed by atoms with van der Waals surface area (Å²) in [6.45, 7) is 6.97. The first-order valence-corrected chi connectivity index (χ1v) is 8.56. The van der Waals surface area contributed by atoms with Gasteiger partial charge in [0.05, 0.1) is 25.0 Å². The Balaban J connectivity index is 2.41. The Kier molecular flexibility index (Phi) is 6.56. The van der Waals surface area contributed by atoms with Crippen molar-refractivity contribution in [1.82, 2.24) is 0 Å². The third-order valence-corrected chi connectivity index (χ3v) is 4.57. The zero-order valence-corrected chi connectivity index (χ0v) is 14.7. The van der Waals surface area contributed by atoms with Crippen LogP contribution in [0, 0.1) is 11.8 Å². The first-order valence-electron chi connectivity index (χ1n) is 8.56. The molecule has 0 radical (unpaired) electrons. The molecule has 1 saturated heterocycles. The van der Waals surface area contributed by atoms with Crippen LogP contribution in [0.1, 0.15) is 33.1 Å². The summed E-state index contributed by atoms with van der Waals surface area (Å²) >= 11 is 0. The van der Waals surface area contributed by atoms with Crippen LogP contribution in [-0.2, 0) is 19.1 Å². The van der Waals surface area contributed by atoms with Crippen LogP contribution >= 0.6 is 0 Å². The van der Waals surface area contributed by atoms with Gasteiger partial charge in [0.1, 0.15) is 12.2 Å². The highest BCUT2D eigenvalue weighted by molar-refractivity contribution is 5.91. The topological polar surface area (TPSA) is 93.1 Å². The van der Waals surface area contributed by atoms with E-state index in [2.05, 4.69) is 6.58 Å². The molecule has 6 heteroatoms. The summed E-state index contributed by atoms with van der Waals surface area (Å²) in [5, 5.41) is 19.2. The molecular weight excluding hydrogens is 324 g/mol. The van der Waals surface area contributed by atoms with E-state index in [9.17, 15) is 19.8 Å². The molecular formula is C19H26O6. The van der Waals surface area contributed by atoms with Crippen LogP contribution in [0.25, 0.3) is 0 Å². The molecule has 6 nitrogen and oxygen atoms in total. The third kappa shape index (κ3) is 4.58. The summed E-state index contributed by atoms with van der Waals surface area (Å²) in [4.78, 5) is 24.2. The molecule has 25 heavy (non-hydrogen) atoms. The molecule has 0 aromatic rings. The molecule has 0 aromatic carbocycles. The molecule has 1 heterocycles. The predicted octanol–water partition coefficient (Wildman–Crippen LogP) is 1.67. The van der Waals surface area contributed by atoms with Crippen molar-refractivity contribution in [3.8, 4) is 0 Å². The smallest absolute Gasteiger partial charge is 0.334 e. The Morgan fingerprint density at radius 1 is 1.36 bits per heavy atom. The summed E-state index contributed by atoms with van der Waals surface area (Å²) in [5.41, 5.74) is 1.71. The van der Waals surface area contributed by atoms with Gasteiger partial charge in [-0.2, -0.15) is 0 Å². The molecule has 2 aliphatic rings. The highest BCUT2D eigenvalue weighted by Crippen LogP contribution is 2.36. The number of ether oxygens (including phenoxy) is 2. The van der Waals surface area contributed by atoms with Gasteiger partial charge in [0.25, 0.3) is 0 Å². The van der Waals surface area contributed by atoms with Gasteiger partial charge in [-0.05, 0) is 30.1 Å². The number of carbonyl (C=O) groups excluding carboxylic acids is 2. The lowest BCUT2D eigenvalue weighted by molar-refractivity contribution is -0.155. The zero-order chi connectivity index (χ0) is 18.6. The van der Waals surface area contributed by atoms with E-state index in [1.54, 1.807) is 19.9 Å². The fourth-order valence-electron chi connectivity index (χ4n) is 3.09. The average molecular weight is 350 g/mol. The van der Waals surface area contributed by atoms with Gasteiger partial charge in [0, 0.05) is 12.0 Å².